The highest BCUT2D eigenvalue weighted by Crippen LogP contribution is 2.21. The third-order valence-corrected chi connectivity index (χ3v) is 3.58. The molecule has 5 heteroatoms. The number of nitrogens with zero attached hydrogens (tertiary/aromatic N) is 3. The number of hydrogen-bond acceptors (Lipinski definition) is 3. The first-order chi connectivity index (χ1) is 10.2. The first-order valence-corrected chi connectivity index (χ1v) is 7.03. The zero-order valence-electron chi connectivity index (χ0n) is 11.8. The summed E-state index contributed by atoms with van der Waals surface area (Å²) in [6, 6.07) is 13.7. The lowest BCUT2D eigenvalue weighted by atomic mass is 10.1. The average molecular weight is 299 g/mol. The van der Waals surface area contributed by atoms with Crippen LogP contribution in [0.2, 0.25) is 5.02 Å². The highest BCUT2D eigenvalue weighted by Gasteiger charge is 2.07. The van der Waals surface area contributed by atoms with Crippen molar-refractivity contribution in [2.75, 3.05) is 12.4 Å². The van der Waals surface area contributed by atoms with E-state index < -0.39 is 0 Å². The highest BCUT2D eigenvalue weighted by atomic mass is 35.5. The molecular formula is C16H15ClN4. The zero-order chi connectivity index (χ0) is 14.8. The molecule has 0 atom stereocenters. The number of hydrogen-bond donors (Lipinski definition) is 1. The molecule has 0 saturated heterocycles. The first kappa shape index (κ1) is 13.6. The second-order valence-electron chi connectivity index (χ2n) is 4.72. The van der Waals surface area contributed by atoms with Crippen molar-refractivity contribution < 1.29 is 0 Å². The number of benzene rings is 2. The van der Waals surface area contributed by atoms with Crippen LogP contribution in [0.1, 0.15) is 12.5 Å². The molecule has 2 aromatic carbocycles. The van der Waals surface area contributed by atoms with Crippen LogP contribution in [0.15, 0.2) is 53.8 Å². The van der Waals surface area contributed by atoms with Gasteiger partial charge in [0.1, 0.15) is 0 Å². The molecule has 0 spiro atoms. The Morgan fingerprint density at radius 3 is 2.86 bits per heavy atom. The van der Waals surface area contributed by atoms with Crippen LogP contribution in [-0.4, -0.2) is 22.6 Å². The molecule has 106 valence electrons. The van der Waals surface area contributed by atoms with Gasteiger partial charge < -0.3 is 5.32 Å². The molecule has 0 saturated carbocycles. The van der Waals surface area contributed by atoms with E-state index in [9.17, 15) is 0 Å². The third-order valence-electron chi connectivity index (χ3n) is 3.34. The molecule has 0 aliphatic rings. The van der Waals surface area contributed by atoms with E-state index in [4.69, 9.17) is 11.6 Å². The van der Waals surface area contributed by atoms with Gasteiger partial charge in [-0.3, -0.25) is 0 Å². The Balaban J connectivity index is 2.09. The molecule has 1 N–H and O–H groups in total. The summed E-state index contributed by atoms with van der Waals surface area (Å²) in [5.74, 6) is 0. The molecule has 0 radical (unpaired) electrons. The summed E-state index contributed by atoms with van der Waals surface area (Å²) in [5, 5.41) is 13.8. The van der Waals surface area contributed by atoms with Crippen molar-refractivity contribution in [3.8, 4) is 0 Å². The monoisotopic (exact) mass is 298 g/mol. The summed E-state index contributed by atoms with van der Waals surface area (Å²) in [6.07, 6.45) is 1.81. The van der Waals surface area contributed by atoms with E-state index >= 15 is 0 Å². The van der Waals surface area contributed by atoms with Gasteiger partial charge >= 0.3 is 0 Å². The van der Waals surface area contributed by atoms with Gasteiger partial charge in [0.05, 0.1) is 17.4 Å². The fourth-order valence-electron chi connectivity index (χ4n) is 2.27. The van der Waals surface area contributed by atoms with Crippen LogP contribution in [-0.2, 0) is 0 Å². The number of rotatable bonds is 3. The predicted molar refractivity (Wildman–Crippen MR) is 88.3 cm³/mol. The second kappa shape index (κ2) is 5.58. The minimum atomic E-state index is 0.684. The van der Waals surface area contributed by atoms with Crippen molar-refractivity contribution in [3.63, 3.8) is 0 Å². The summed E-state index contributed by atoms with van der Waals surface area (Å²) in [6.45, 7) is 1.95. The normalized spacial score (nSPS) is 11.9. The van der Waals surface area contributed by atoms with E-state index in [2.05, 4.69) is 15.5 Å². The minimum absolute atomic E-state index is 0.684. The Kier molecular flexibility index (Phi) is 3.62. The lowest BCUT2D eigenvalue weighted by molar-refractivity contribution is 0.768. The van der Waals surface area contributed by atoms with Gasteiger partial charge in [-0.05, 0) is 31.2 Å². The SMILES string of the molecule is CNc1ccc(Cl)cc1/C(C)=N/n1ncc2ccccc21. The quantitative estimate of drug-likeness (QED) is 0.743. The largest absolute Gasteiger partial charge is 0.388 e. The van der Waals surface area contributed by atoms with Gasteiger partial charge in [0.15, 0.2) is 0 Å². The van der Waals surface area contributed by atoms with Crippen LogP contribution < -0.4 is 5.32 Å². The molecule has 1 heterocycles. The van der Waals surface area contributed by atoms with Crippen molar-refractivity contribution in [2.45, 2.75) is 6.92 Å². The van der Waals surface area contributed by atoms with Gasteiger partial charge in [0.2, 0.25) is 0 Å². The predicted octanol–water partition coefficient (Wildman–Crippen LogP) is 4.00. The molecule has 0 aliphatic carbocycles. The molecule has 3 aromatic rings. The van der Waals surface area contributed by atoms with Crippen LogP contribution in [0.25, 0.3) is 10.9 Å². The van der Waals surface area contributed by atoms with Crippen molar-refractivity contribution in [3.05, 3.63) is 59.2 Å². The lowest BCUT2D eigenvalue weighted by Crippen LogP contribution is -2.04. The van der Waals surface area contributed by atoms with E-state index in [1.165, 1.54) is 0 Å². The van der Waals surface area contributed by atoms with Crippen LogP contribution in [0.5, 0.6) is 0 Å². The van der Waals surface area contributed by atoms with Gasteiger partial charge in [-0.1, -0.05) is 29.8 Å². The van der Waals surface area contributed by atoms with Crippen molar-refractivity contribution >= 4 is 33.9 Å². The molecule has 4 nitrogen and oxygen atoms in total. The van der Waals surface area contributed by atoms with E-state index in [0.717, 1.165) is 27.9 Å². The van der Waals surface area contributed by atoms with Gasteiger partial charge in [-0.15, -0.1) is 0 Å². The lowest BCUT2D eigenvalue weighted by Gasteiger charge is -2.09. The van der Waals surface area contributed by atoms with Crippen molar-refractivity contribution in [1.29, 1.82) is 0 Å². The second-order valence-corrected chi connectivity index (χ2v) is 5.15. The Morgan fingerprint density at radius 2 is 2.05 bits per heavy atom. The molecule has 21 heavy (non-hydrogen) atoms. The van der Waals surface area contributed by atoms with Crippen LogP contribution >= 0.6 is 11.6 Å². The fraction of sp³-hybridized carbons (Fsp3) is 0.125. The van der Waals surface area contributed by atoms with E-state index in [1.807, 2.05) is 62.6 Å². The zero-order valence-corrected chi connectivity index (χ0v) is 12.6. The smallest absolute Gasteiger partial charge is 0.0945 e. The Labute approximate surface area is 128 Å². The number of halogens is 1. The molecule has 0 aliphatic heterocycles. The summed E-state index contributed by atoms with van der Waals surface area (Å²) in [5.41, 5.74) is 3.77. The fourth-order valence-corrected chi connectivity index (χ4v) is 2.44. The van der Waals surface area contributed by atoms with Crippen LogP contribution in [0, 0.1) is 0 Å². The Hall–Kier alpha value is -2.33. The maximum Gasteiger partial charge on any atom is 0.0945 e. The van der Waals surface area contributed by atoms with Gasteiger partial charge in [0.25, 0.3) is 0 Å². The van der Waals surface area contributed by atoms with Crippen molar-refractivity contribution in [1.82, 2.24) is 9.89 Å². The van der Waals surface area contributed by atoms with E-state index in [0.29, 0.717) is 5.02 Å². The Morgan fingerprint density at radius 1 is 1.24 bits per heavy atom. The summed E-state index contributed by atoms with van der Waals surface area (Å²) in [7, 11) is 1.88. The third kappa shape index (κ3) is 2.62. The number of anilines is 1. The summed E-state index contributed by atoms with van der Waals surface area (Å²) in [4.78, 5) is 1.64. The molecule has 0 unspecified atom stereocenters. The van der Waals surface area contributed by atoms with Gasteiger partial charge in [-0.25, -0.2) is 0 Å². The molecule has 3 rings (SSSR count). The minimum Gasteiger partial charge on any atom is -0.388 e. The highest BCUT2D eigenvalue weighted by molar-refractivity contribution is 6.31. The summed E-state index contributed by atoms with van der Waals surface area (Å²) >= 11 is 6.09. The molecule has 1 aromatic heterocycles. The average Bonchev–Trinajstić information content (AvgIpc) is 2.90. The number of aromatic nitrogens is 2. The Bertz CT molecular complexity index is 820. The number of nitrogens with one attached hydrogen (secondary N) is 1. The standard InChI is InChI=1S/C16H15ClN4/c1-11(14-9-13(17)7-8-15(14)18-2)20-21-16-6-4-3-5-12(16)10-19-21/h3-10,18H,1-2H3/b20-11+. The molecule has 0 fully saturated rings. The summed E-state index contributed by atoms with van der Waals surface area (Å²) < 4.78 is 0. The maximum absolute atomic E-state index is 6.09. The van der Waals surface area contributed by atoms with Crippen LogP contribution in [0.4, 0.5) is 5.69 Å². The molecule has 0 bridgehead atoms. The van der Waals surface area contributed by atoms with E-state index in [-0.39, 0.29) is 0 Å². The maximum atomic E-state index is 6.09. The molecule has 0 amide bonds. The van der Waals surface area contributed by atoms with Crippen LogP contribution in [0.3, 0.4) is 0 Å². The van der Waals surface area contributed by atoms with E-state index in [1.54, 1.807) is 4.79 Å². The van der Waals surface area contributed by atoms with Crippen molar-refractivity contribution in [2.24, 2.45) is 5.10 Å². The molecular weight excluding hydrogens is 284 g/mol. The number of fused-ring (bicyclic) bond motifs is 1. The van der Waals surface area contributed by atoms with Gasteiger partial charge in [0, 0.05) is 28.7 Å². The first-order valence-electron chi connectivity index (χ1n) is 6.65. The topological polar surface area (TPSA) is 42.2 Å². The number of para-hydroxylation sites is 1. The van der Waals surface area contributed by atoms with Gasteiger partial charge in [-0.2, -0.15) is 15.0 Å².